The first kappa shape index (κ1) is 22.5. The van der Waals surface area contributed by atoms with E-state index in [1.165, 1.54) is 11.4 Å². The van der Waals surface area contributed by atoms with Crippen LogP contribution in [0, 0.1) is 40.4 Å². The molecule has 0 aromatic rings. The van der Waals surface area contributed by atoms with Gasteiger partial charge in [0.05, 0.1) is 5.71 Å². The number of aliphatic imine (C=N–C) groups is 1. The van der Waals surface area contributed by atoms with Crippen LogP contribution >= 0.6 is 0 Å². The van der Waals surface area contributed by atoms with Crippen LogP contribution in [0.5, 0.6) is 0 Å². The molecule has 0 amide bonds. The monoisotopic (exact) mass is 445 g/mol. The molecule has 0 spiro atoms. The Morgan fingerprint density at radius 1 is 1.19 bits per heavy atom. The number of fused-ring (bicyclic) bond motifs is 5. The van der Waals surface area contributed by atoms with E-state index >= 15 is 0 Å². The van der Waals surface area contributed by atoms with E-state index in [1.807, 2.05) is 14.0 Å². The fourth-order valence-electron chi connectivity index (χ4n) is 8.60. The topological polar surface area (TPSA) is 63.0 Å². The molecule has 9 unspecified atom stereocenters. The summed E-state index contributed by atoms with van der Waals surface area (Å²) < 4.78 is 14.6. The number of hydrogen-bond donors (Lipinski definition) is 1. The molecule has 0 aromatic carbocycles. The molecule has 1 heterocycles. The van der Waals surface area contributed by atoms with E-state index in [2.05, 4.69) is 19.2 Å². The summed E-state index contributed by atoms with van der Waals surface area (Å²) in [4.78, 5) is 23.5. The van der Waals surface area contributed by atoms with Gasteiger partial charge < -0.3 is 10.2 Å². The van der Waals surface area contributed by atoms with E-state index in [0.29, 0.717) is 30.1 Å². The Balaban J connectivity index is 1.45. The summed E-state index contributed by atoms with van der Waals surface area (Å²) in [5.41, 5.74) is 2.14. The molecule has 1 aliphatic heterocycles. The lowest BCUT2D eigenvalue weighted by molar-refractivity contribution is -0.136. The van der Waals surface area contributed by atoms with Crippen LogP contribution in [0.15, 0.2) is 10.1 Å². The molecule has 5 nitrogen and oxygen atoms in total. The minimum Gasteiger partial charge on any atom is -0.391 e. The van der Waals surface area contributed by atoms with Gasteiger partial charge in [-0.15, -0.1) is 0 Å². The molecule has 0 bridgehead atoms. The van der Waals surface area contributed by atoms with Crippen molar-refractivity contribution < 1.29 is 14.0 Å². The van der Waals surface area contributed by atoms with Gasteiger partial charge in [-0.05, 0) is 74.7 Å². The van der Waals surface area contributed by atoms with Crippen molar-refractivity contribution >= 4 is 17.2 Å². The van der Waals surface area contributed by atoms with Crippen molar-refractivity contribution in [3.05, 3.63) is 0 Å². The van der Waals surface area contributed by atoms with E-state index in [-0.39, 0.29) is 23.2 Å². The second-order valence-corrected chi connectivity index (χ2v) is 11.6. The zero-order valence-electron chi connectivity index (χ0n) is 20.2. The molecule has 178 valence electrons. The van der Waals surface area contributed by atoms with Crippen molar-refractivity contribution in [2.24, 2.45) is 50.6 Å². The van der Waals surface area contributed by atoms with Crippen molar-refractivity contribution in [3.8, 4) is 0 Å². The fourth-order valence-corrected chi connectivity index (χ4v) is 8.60. The molecule has 1 N–H and O–H groups in total. The first-order chi connectivity index (χ1) is 15.3. The number of ketones is 1. The number of alkyl halides is 1. The summed E-state index contributed by atoms with van der Waals surface area (Å²) >= 11 is 0. The number of carbonyl (C=O) groups excluding carboxylic acids is 1. The SMILES string of the molecule is CCC1/C(=N/OC2CCNC2)CCC2(C)C3CCC4(C)C(=O)C(F)CC4C3CC(=NC)C12. The summed E-state index contributed by atoms with van der Waals surface area (Å²) in [6.45, 7) is 8.67. The van der Waals surface area contributed by atoms with Crippen molar-refractivity contribution in [1.82, 2.24) is 5.32 Å². The summed E-state index contributed by atoms with van der Waals surface area (Å²) in [5, 5.41) is 8.07. The number of nitrogens with zero attached hydrogens (tertiary/aromatic N) is 2. The van der Waals surface area contributed by atoms with Crippen LogP contribution in [-0.2, 0) is 9.63 Å². The maximum Gasteiger partial charge on any atom is 0.173 e. The lowest BCUT2D eigenvalue weighted by Crippen LogP contribution is -2.59. The Hall–Kier alpha value is -1.30. The van der Waals surface area contributed by atoms with Gasteiger partial charge in [0.2, 0.25) is 0 Å². The first-order valence-electron chi connectivity index (χ1n) is 12.9. The quantitative estimate of drug-likeness (QED) is 0.646. The predicted molar refractivity (Wildman–Crippen MR) is 125 cm³/mol. The normalized spacial score (nSPS) is 50.9. The van der Waals surface area contributed by atoms with Gasteiger partial charge in [0.1, 0.15) is 6.10 Å². The van der Waals surface area contributed by atoms with Gasteiger partial charge in [0.25, 0.3) is 0 Å². The van der Waals surface area contributed by atoms with E-state index in [4.69, 9.17) is 15.0 Å². The third kappa shape index (κ3) is 3.22. The first-order valence-corrected chi connectivity index (χ1v) is 12.9. The van der Waals surface area contributed by atoms with Crippen molar-refractivity contribution in [2.45, 2.75) is 84.4 Å². The third-order valence-electron chi connectivity index (χ3n) is 10.3. The average Bonchev–Trinajstić information content (AvgIpc) is 3.38. The number of Topliss-reactive ketones (excluding diaryl/α,β-unsaturated/α-hetero) is 1. The van der Waals surface area contributed by atoms with Crippen molar-refractivity contribution in [1.29, 1.82) is 0 Å². The van der Waals surface area contributed by atoms with E-state index < -0.39 is 11.6 Å². The van der Waals surface area contributed by atoms with Gasteiger partial charge in [-0.3, -0.25) is 9.79 Å². The number of halogens is 1. The summed E-state index contributed by atoms with van der Waals surface area (Å²) in [6.07, 6.45) is 6.24. The zero-order valence-corrected chi connectivity index (χ0v) is 20.2. The standard InChI is InChI=1S/C26H40FN3O2/c1-5-16-21(30-32-15-8-11-29-14-15)7-10-25(2)18-6-9-26(3)19(13-20(27)24(26)31)17(18)12-22(28-4)23(16)25/h15-20,23,29H,5-14H2,1-4H3/b28-22?,30-21+. The van der Waals surface area contributed by atoms with Gasteiger partial charge in [0.15, 0.2) is 12.0 Å². The van der Waals surface area contributed by atoms with Crippen LogP contribution in [0.25, 0.3) is 0 Å². The Bertz CT molecular complexity index is 822. The molecular formula is C26H40FN3O2. The molecule has 4 saturated carbocycles. The molecule has 6 heteroatoms. The van der Waals surface area contributed by atoms with Crippen LogP contribution in [0.1, 0.15) is 72.1 Å². The zero-order chi connectivity index (χ0) is 22.7. The number of nitrogens with one attached hydrogen (secondary N) is 1. The third-order valence-corrected chi connectivity index (χ3v) is 10.3. The minimum atomic E-state index is -1.27. The second-order valence-electron chi connectivity index (χ2n) is 11.6. The summed E-state index contributed by atoms with van der Waals surface area (Å²) in [7, 11) is 1.93. The highest BCUT2D eigenvalue weighted by molar-refractivity contribution is 5.98. The van der Waals surface area contributed by atoms with Crippen LogP contribution < -0.4 is 5.32 Å². The largest absolute Gasteiger partial charge is 0.391 e. The maximum atomic E-state index is 14.6. The molecule has 5 fully saturated rings. The Morgan fingerprint density at radius 3 is 2.69 bits per heavy atom. The highest BCUT2D eigenvalue weighted by Crippen LogP contribution is 2.65. The second kappa shape index (κ2) is 8.18. The predicted octanol–water partition coefficient (Wildman–Crippen LogP) is 4.60. The highest BCUT2D eigenvalue weighted by Gasteiger charge is 2.64. The summed E-state index contributed by atoms with van der Waals surface area (Å²) in [5.74, 6) is 1.66. The number of carbonyl (C=O) groups is 1. The van der Waals surface area contributed by atoms with Crippen LogP contribution in [0.4, 0.5) is 4.39 Å². The molecule has 32 heavy (non-hydrogen) atoms. The average molecular weight is 446 g/mol. The lowest BCUT2D eigenvalue weighted by atomic mass is 9.43. The van der Waals surface area contributed by atoms with Gasteiger partial charge in [0, 0.05) is 43.0 Å². The molecule has 0 aromatic heterocycles. The number of hydrogen-bond acceptors (Lipinski definition) is 5. The fraction of sp³-hybridized carbons (Fsp3) is 0.885. The molecular weight excluding hydrogens is 405 g/mol. The molecule has 0 radical (unpaired) electrons. The molecule has 1 saturated heterocycles. The highest BCUT2D eigenvalue weighted by atomic mass is 19.1. The minimum absolute atomic E-state index is 0.130. The molecule has 5 rings (SSSR count). The van der Waals surface area contributed by atoms with Crippen LogP contribution in [0.3, 0.4) is 0 Å². The molecule has 9 atom stereocenters. The summed E-state index contributed by atoms with van der Waals surface area (Å²) in [6, 6.07) is 0. The van der Waals surface area contributed by atoms with Gasteiger partial charge in [-0.1, -0.05) is 25.9 Å². The molecule has 5 aliphatic rings. The number of oxime groups is 1. The van der Waals surface area contributed by atoms with E-state index in [0.717, 1.165) is 58.0 Å². The lowest BCUT2D eigenvalue weighted by Gasteiger charge is -2.61. The van der Waals surface area contributed by atoms with Crippen molar-refractivity contribution in [3.63, 3.8) is 0 Å². The van der Waals surface area contributed by atoms with E-state index in [9.17, 15) is 9.18 Å². The van der Waals surface area contributed by atoms with Crippen molar-refractivity contribution in [2.75, 3.05) is 20.1 Å². The Morgan fingerprint density at radius 2 is 2.00 bits per heavy atom. The Kier molecular flexibility index (Phi) is 5.75. The van der Waals surface area contributed by atoms with Gasteiger partial charge >= 0.3 is 0 Å². The van der Waals surface area contributed by atoms with Gasteiger partial charge in [-0.25, -0.2) is 4.39 Å². The number of rotatable bonds is 3. The Labute approximate surface area is 192 Å². The van der Waals surface area contributed by atoms with Gasteiger partial charge in [-0.2, -0.15) is 0 Å². The maximum absolute atomic E-state index is 14.6. The van der Waals surface area contributed by atoms with Crippen LogP contribution in [0.2, 0.25) is 0 Å². The smallest absolute Gasteiger partial charge is 0.173 e. The van der Waals surface area contributed by atoms with E-state index in [1.54, 1.807) is 0 Å². The molecule has 4 aliphatic carbocycles. The van der Waals surface area contributed by atoms with Crippen LogP contribution in [-0.4, -0.2) is 49.6 Å².